The van der Waals surface area contributed by atoms with Crippen LogP contribution in [0.1, 0.15) is 85.5 Å². The monoisotopic (exact) mass is 416 g/mol. The maximum Gasteiger partial charge on any atom is 1.00 e. The van der Waals surface area contributed by atoms with Crippen molar-refractivity contribution in [2.24, 2.45) is 0 Å². The van der Waals surface area contributed by atoms with E-state index < -0.39 is 39.8 Å². The molecule has 0 aromatic carbocycles. The van der Waals surface area contributed by atoms with Crippen LogP contribution in [0.25, 0.3) is 0 Å². The van der Waals surface area contributed by atoms with Crippen LogP contribution in [0.3, 0.4) is 0 Å². The Kier molecular flexibility index (Phi) is 16.9. The summed E-state index contributed by atoms with van der Waals surface area (Å²) in [7, 11) is -5.02. The predicted octanol–water partition coefficient (Wildman–Crippen LogP) is 0.318. The van der Waals surface area contributed by atoms with Crippen molar-refractivity contribution in [1.29, 1.82) is 0 Å². The van der Waals surface area contributed by atoms with Crippen LogP contribution in [0.15, 0.2) is 0 Å². The molecule has 0 aliphatic carbocycles. The van der Waals surface area contributed by atoms with Gasteiger partial charge in [-0.1, -0.05) is 53.4 Å². The van der Waals surface area contributed by atoms with Crippen molar-refractivity contribution < 1.29 is 61.6 Å². The van der Waals surface area contributed by atoms with Gasteiger partial charge in [-0.05, 0) is 25.7 Å². The molecule has 0 saturated heterocycles. The van der Waals surface area contributed by atoms with Gasteiger partial charge in [0.1, 0.15) is 22.3 Å². The second-order valence-corrected chi connectivity index (χ2v) is 8.01. The van der Waals surface area contributed by atoms with Crippen LogP contribution >= 0.6 is 0 Å². The SMILES string of the molecule is CCCCC(CC)OC(=O)CC(C(=O)OC(CC)CCCC)S(=O)(=O)[O-].[Na+]. The maximum atomic E-state index is 12.2. The van der Waals surface area contributed by atoms with Gasteiger partial charge in [0, 0.05) is 0 Å². The summed E-state index contributed by atoms with van der Waals surface area (Å²) in [5, 5.41) is -2.06. The Balaban J connectivity index is 0. The van der Waals surface area contributed by atoms with Gasteiger partial charge in [0.05, 0.1) is 6.42 Å². The number of hydrogen-bond acceptors (Lipinski definition) is 7. The van der Waals surface area contributed by atoms with Crippen LogP contribution in [0.5, 0.6) is 0 Å². The molecule has 0 amide bonds. The zero-order chi connectivity index (χ0) is 20.2. The number of hydrogen-bond donors (Lipinski definition) is 0. The molecule has 0 aliphatic heterocycles. The minimum absolute atomic E-state index is 0. The van der Waals surface area contributed by atoms with Crippen molar-refractivity contribution >= 4 is 22.1 Å². The van der Waals surface area contributed by atoms with Crippen molar-refractivity contribution in [2.75, 3.05) is 0 Å². The predicted molar refractivity (Wildman–Crippen MR) is 97.5 cm³/mol. The Labute approximate surface area is 186 Å². The Hall–Kier alpha value is -0.150. The molecule has 0 radical (unpaired) electrons. The minimum Gasteiger partial charge on any atom is -0.747 e. The number of esters is 2. The standard InChI is InChI=1S/C18H34O7S.Na/c1-5-9-11-14(7-3)24-17(19)13-16(26(21,22)23)18(20)25-15(8-4)12-10-6-2;/h14-16H,5-13H2,1-4H3,(H,21,22,23);/q;+1/p-1. The topological polar surface area (TPSA) is 110 Å². The van der Waals surface area contributed by atoms with Crippen molar-refractivity contribution in [3.05, 3.63) is 0 Å². The zero-order valence-corrected chi connectivity index (χ0v) is 20.2. The zero-order valence-electron chi connectivity index (χ0n) is 17.4. The molecule has 0 spiro atoms. The van der Waals surface area contributed by atoms with Gasteiger partial charge in [-0.2, -0.15) is 0 Å². The van der Waals surface area contributed by atoms with Gasteiger partial charge in [-0.15, -0.1) is 0 Å². The number of carbonyl (C=O) groups is 2. The van der Waals surface area contributed by atoms with Crippen LogP contribution in [0.4, 0.5) is 0 Å². The molecule has 154 valence electrons. The fourth-order valence-electron chi connectivity index (χ4n) is 2.49. The number of rotatable bonds is 14. The quantitative estimate of drug-likeness (QED) is 0.228. The maximum absolute atomic E-state index is 12.2. The molecule has 0 aromatic heterocycles. The van der Waals surface area contributed by atoms with E-state index in [1.54, 1.807) is 0 Å². The third-order valence-corrected chi connectivity index (χ3v) is 5.27. The van der Waals surface area contributed by atoms with Crippen molar-refractivity contribution in [3.63, 3.8) is 0 Å². The van der Waals surface area contributed by atoms with Crippen molar-refractivity contribution in [3.8, 4) is 0 Å². The molecular weight excluding hydrogens is 383 g/mol. The first-order chi connectivity index (χ1) is 12.2. The normalized spacial score (nSPS) is 14.6. The van der Waals surface area contributed by atoms with Crippen molar-refractivity contribution in [2.45, 2.75) is 103 Å². The Bertz CT molecular complexity index is 522. The smallest absolute Gasteiger partial charge is 0.747 e. The molecular formula is C18H33NaO7S. The van der Waals surface area contributed by atoms with Gasteiger partial charge in [0.15, 0.2) is 5.25 Å². The molecule has 0 N–H and O–H groups in total. The molecule has 9 heteroatoms. The first-order valence-corrected chi connectivity index (χ1v) is 11.0. The number of ether oxygens (including phenoxy) is 2. The summed E-state index contributed by atoms with van der Waals surface area (Å²) in [5.74, 6) is -2.03. The van der Waals surface area contributed by atoms with Gasteiger partial charge in [0.25, 0.3) is 0 Å². The van der Waals surface area contributed by atoms with Gasteiger partial charge >= 0.3 is 41.5 Å². The number of carbonyl (C=O) groups excluding carboxylic acids is 2. The summed E-state index contributed by atoms with van der Waals surface area (Å²) in [6.45, 7) is 7.65. The van der Waals surface area contributed by atoms with E-state index >= 15 is 0 Å². The number of unbranched alkanes of at least 4 members (excludes halogenated alkanes) is 2. The Morgan fingerprint density at radius 1 is 0.889 bits per heavy atom. The van der Waals surface area contributed by atoms with Crippen LogP contribution in [-0.2, 0) is 29.2 Å². The first-order valence-electron chi connectivity index (χ1n) is 9.54. The Morgan fingerprint density at radius 2 is 1.33 bits per heavy atom. The molecule has 0 aromatic rings. The molecule has 0 heterocycles. The molecule has 0 rings (SSSR count). The van der Waals surface area contributed by atoms with Gasteiger partial charge in [-0.25, -0.2) is 8.42 Å². The van der Waals surface area contributed by atoms with Crippen LogP contribution < -0.4 is 29.6 Å². The van der Waals surface area contributed by atoms with Gasteiger partial charge in [-0.3, -0.25) is 9.59 Å². The molecule has 0 aliphatic rings. The Morgan fingerprint density at radius 3 is 1.70 bits per heavy atom. The van der Waals surface area contributed by atoms with Gasteiger partial charge < -0.3 is 14.0 Å². The third kappa shape index (κ3) is 12.8. The third-order valence-electron chi connectivity index (χ3n) is 4.21. The largest absolute Gasteiger partial charge is 1.00 e. The van der Waals surface area contributed by atoms with Gasteiger partial charge in [0.2, 0.25) is 0 Å². The van der Waals surface area contributed by atoms with E-state index in [9.17, 15) is 22.6 Å². The summed E-state index contributed by atoms with van der Waals surface area (Å²) < 4.78 is 44.8. The fraction of sp³-hybridized carbons (Fsp3) is 0.889. The summed E-state index contributed by atoms with van der Waals surface area (Å²) in [6.07, 6.45) is 4.25. The average Bonchev–Trinajstić information content (AvgIpc) is 2.58. The van der Waals surface area contributed by atoms with E-state index in [0.717, 1.165) is 25.7 Å². The molecule has 0 saturated carbocycles. The van der Waals surface area contributed by atoms with Crippen molar-refractivity contribution in [1.82, 2.24) is 0 Å². The summed E-state index contributed by atoms with van der Waals surface area (Å²) in [5.41, 5.74) is 0. The summed E-state index contributed by atoms with van der Waals surface area (Å²) in [6, 6.07) is 0. The van der Waals surface area contributed by atoms with Crippen LogP contribution in [-0.4, -0.2) is 42.4 Å². The van der Waals surface area contributed by atoms with E-state index in [2.05, 4.69) is 0 Å². The summed E-state index contributed by atoms with van der Waals surface area (Å²) in [4.78, 5) is 24.2. The fourth-order valence-corrected chi connectivity index (χ4v) is 3.12. The van der Waals surface area contributed by atoms with E-state index in [1.165, 1.54) is 0 Å². The molecule has 7 nitrogen and oxygen atoms in total. The van der Waals surface area contributed by atoms with E-state index in [1.807, 2.05) is 27.7 Å². The molecule has 27 heavy (non-hydrogen) atoms. The average molecular weight is 417 g/mol. The molecule has 0 bridgehead atoms. The van der Waals surface area contributed by atoms with E-state index in [-0.39, 0.29) is 35.7 Å². The van der Waals surface area contributed by atoms with E-state index in [0.29, 0.717) is 25.7 Å². The van der Waals surface area contributed by atoms with Crippen LogP contribution in [0, 0.1) is 0 Å². The molecule has 0 fully saturated rings. The first kappa shape index (κ1) is 29.1. The minimum atomic E-state index is -5.02. The second-order valence-electron chi connectivity index (χ2n) is 6.46. The summed E-state index contributed by atoms with van der Waals surface area (Å²) >= 11 is 0. The second kappa shape index (κ2) is 15.7. The van der Waals surface area contributed by atoms with Crippen LogP contribution in [0.2, 0.25) is 0 Å². The molecule has 3 unspecified atom stereocenters. The van der Waals surface area contributed by atoms with E-state index in [4.69, 9.17) is 9.47 Å². The molecule has 3 atom stereocenters.